The summed E-state index contributed by atoms with van der Waals surface area (Å²) in [4.78, 5) is 12.7. The molecule has 0 aliphatic rings. The molecule has 0 atom stereocenters. The quantitative estimate of drug-likeness (QED) is 0.189. The van der Waals surface area contributed by atoms with Crippen LogP contribution in [0.1, 0.15) is 61.0 Å². The van der Waals surface area contributed by atoms with Crippen LogP contribution in [0.25, 0.3) is 10.6 Å². The van der Waals surface area contributed by atoms with Crippen LogP contribution in [0.3, 0.4) is 0 Å². The van der Waals surface area contributed by atoms with Gasteiger partial charge in [0.1, 0.15) is 0 Å². The number of benzene rings is 1. The van der Waals surface area contributed by atoms with Gasteiger partial charge in [0, 0.05) is 11.9 Å². The Bertz CT molecular complexity index is 595. The van der Waals surface area contributed by atoms with Crippen LogP contribution in [0.5, 0.6) is 0 Å². The first-order chi connectivity index (χ1) is 14.3. The van der Waals surface area contributed by atoms with Gasteiger partial charge in [-0.3, -0.25) is 0 Å². The molecule has 0 radical (unpaired) electrons. The molecule has 212 valence electrons. The van der Waals surface area contributed by atoms with Crippen molar-refractivity contribution in [2.24, 2.45) is 9.98 Å². The van der Waals surface area contributed by atoms with Gasteiger partial charge in [-0.25, -0.2) is 0 Å². The zero-order valence-electron chi connectivity index (χ0n) is 25.0. The monoisotopic (exact) mass is 626 g/mol. The number of hydrogen-bond acceptors (Lipinski definition) is 2. The van der Waals surface area contributed by atoms with Gasteiger partial charge >= 0.3 is 34.7 Å². The van der Waals surface area contributed by atoms with Crippen molar-refractivity contribution in [1.29, 1.82) is 0 Å². The van der Waals surface area contributed by atoms with Crippen LogP contribution in [0, 0.1) is 6.92 Å². The van der Waals surface area contributed by atoms with Crippen LogP contribution >= 0.6 is 0 Å². The zero-order chi connectivity index (χ0) is 24.6. The average Bonchev–Trinajstić information content (AvgIpc) is 2.60. The minimum absolute atomic E-state index is 0. The van der Waals surface area contributed by atoms with E-state index in [0.717, 1.165) is 11.9 Å². The van der Waals surface area contributed by atoms with Gasteiger partial charge < -0.3 is 80.0 Å². The van der Waals surface area contributed by atoms with E-state index in [4.69, 9.17) is 0 Å². The molecule has 1 aromatic carbocycles. The standard InChI is InChI=1S/2C9H20N3.C7H8.2Al.4ClH/c2*1-7(2)10-9(12(5)6)11-8(3)4;1-7-5-3-2-4-6-7;;;;;;/h2*7-8H,1-6H3;2-6H,1H3;;;4*1H/q2*-1;;2*+3;;;;/p-4. The third-order valence-electron chi connectivity index (χ3n) is 3.24. The van der Waals surface area contributed by atoms with E-state index in [0.29, 0.717) is 24.2 Å². The van der Waals surface area contributed by atoms with Gasteiger partial charge in [-0.1, -0.05) is 91.3 Å². The van der Waals surface area contributed by atoms with E-state index in [9.17, 15) is 0 Å². The number of rotatable bonds is 4. The topological polar surface area (TPSA) is 59.4 Å². The van der Waals surface area contributed by atoms with Crippen molar-refractivity contribution in [3.05, 3.63) is 46.5 Å². The molecule has 1 aromatic rings. The largest absolute Gasteiger partial charge is 3.00 e. The molecule has 1 rings (SSSR count). The van der Waals surface area contributed by atoms with Crippen molar-refractivity contribution in [1.82, 2.24) is 9.80 Å². The Balaban J connectivity index is -0.0000000538. The van der Waals surface area contributed by atoms with E-state index in [-0.39, 0.29) is 84.4 Å². The van der Waals surface area contributed by atoms with E-state index in [1.54, 1.807) is 0 Å². The average molecular weight is 628 g/mol. The van der Waals surface area contributed by atoms with Crippen molar-refractivity contribution in [2.75, 3.05) is 28.2 Å². The molecule has 0 saturated carbocycles. The molecule has 0 N–H and O–H groups in total. The summed E-state index contributed by atoms with van der Waals surface area (Å²) in [6.45, 7) is 18.5. The van der Waals surface area contributed by atoms with E-state index in [1.165, 1.54) is 5.56 Å². The van der Waals surface area contributed by atoms with Crippen LogP contribution in [0.4, 0.5) is 0 Å². The van der Waals surface area contributed by atoms with Crippen LogP contribution in [0.15, 0.2) is 40.3 Å². The van der Waals surface area contributed by atoms with Crippen molar-refractivity contribution in [3.63, 3.8) is 0 Å². The zero-order valence-corrected chi connectivity index (χ0v) is 30.4. The summed E-state index contributed by atoms with van der Waals surface area (Å²) in [5, 5.41) is 8.78. The van der Waals surface area contributed by atoms with Crippen LogP contribution < -0.4 is 49.6 Å². The van der Waals surface area contributed by atoms with Gasteiger partial charge in [0.2, 0.25) is 0 Å². The number of aryl methyl sites for hydroxylation is 1. The Morgan fingerprint density at radius 3 is 1.00 bits per heavy atom. The molecule has 0 aromatic heterocycles. The molecule has 37 heavy (non-hydrogen) atoms. The molecule has 0 saturated heterocycles. The van der Waals surface area contributed by atoms with Crippen LogP contribution in [-0.2, 0) is 0 Å². The second-order valence-electron chi connectivity index (χ2n) is 8.93. The molecule has 0 unspecified atom stereocenters. The number of guanidine groups is 2. The summed E-state index contributed by atoms with van der Waals surface area (Å²) >= 11 is 0. The van der Waals surface area contributed by atoms with Gasteiger partial charge in [-0.15, -0.1) is 0 Å². The Hall–Kier alpha value is -0.0151. The second kappa shape index (κ2) is 34.0. The SMILES string of the molecule is CC(C)N=C([N-]C(C)C)N(C)C.CC(C)N=C([N-]C(C)C)N(C)C.Cc1ccccc1.[Al+3].[Al+3].[Cl-].[Cl-].[Cl-].[Cl-]. The van der Waals surface area contributed by atoms with Crippen molar-refractivity contribution in [2.45, 2.75) is 86.5 Å². The fraction of sp³-hybridized carbons (Fsp3) is 0.680. The van der Waals surface area contributed by atoms with E-state index in [2.05, 4.69) is 95.1 Å². The third kappa shape index (κ3) is 40.6. The van der Waals surface area contributed by atoms with Crippen LogP contribution in [-0.4, -0.2) is 109 Å². The molecule has 0 spiro atoms. The van der Waals surface area contributed by atoms with Gasteiger partial charge in [-0.05, 0) is 59.3 Å². The molecule has 0 amide bonds. The van der Waals surface area contributed by atoms with E-state index < -0.39 is 0 Å². The second-order valence-corrected chi connectivity index (χ2v) is 8.93. The number of aliphatic imine (C=N–C) groups is 2. The normalized spacial score (nSPS) is 9.76. The smallest absolute Gasteiger partial charge is 1.00 e. The summed E-state index contributed by atoms with van der Waals surface area (Å²) in [5.41, 5.74) is 1.32. The first kappa shape index (κ1) is 57.0. The Morgan fingerprint density at radius 2 is 0.865 bits per heavy atom. The molecule has 6 nitrogen and oxygen atoms in total. The molecule has 0 heterocycles. The van der Waals surface area contributed by atoms with E-state index in [1.807, 2.05) is 56.2 Å². The molecular formula is C25H48Al2Cl4N6. The van der Waals surface area contributed by atoms with Crippen molar-refractivity contribution < 1.29 is 49.6 Å². The summed E-state index contributed by atoms with van der Waals surface area (Å²) in [7, 11) is 7.86. The van der Waals surface area contributed by atoms with Gasteiger partial charge in [0.25, 0.3) is 0 Å². The predicted octanol–water partition coefficient (Wildman–Crippen LogP) is -6.56. The Kier molecular flexibility index (Phi) is 52.4. The number of halogens is 4. The first-order valence-corrected chi connectivity index (χ1v) is 11.2. The molecule has 0 fully saturated rings. The van der Waals surface area contributed by atoms with Crippen LogP contribution in [0.2, 0.25) is 0 Å². The number of nitrogens with zero attached hydrogens (tertiary/aromatic N) is 6. The fourth-order valence-electron chi connectivity index (χ4n) is 1.99. The maximum absolute atomic E-state index is 4.39. The van der Waals surface area contributed by atoms with E-state index >= 15 is 0 Å². The minimum Gasteiger partial charge on any atom is -1.00 e. The first-order valence-electron chi connectivity index (χ1n) is 11.2. The molecule has 12 heteroatoms. The summed E-state index contributed by atoms with van der Waals surface area (Å²) in [6, 6.07) is 11.5. The van der Waals surface area contributed by atoms with Gasteiger partial charge in [0.05, 0.1) is 0 Å². The number of hydrogen-bond donors (Lipinski definition) is 0. The molecule has 0 aliphatic heterocycles. The maximum atomic E-state index is 4.39. The summed E-state index contributed by atoms with van der Waals surface area (Å²) in [5.74, 6) is 1.67. The molecular weight excluding hydrogens is 580 g/mol. The maximum Gasteiger partial charge on any atom is 3.00 e. The third-order valence-corrected chi connectivity index (χ3v) is 3.24. The fourth-order valence-corrected chi connectivity index (χ4v) is 1.99. The molecule has 0 bridgehead atoms. The predicted molar refractivity (Wildman–Crippen MR) is 152 cm³/mol. The van der Waals surface area contributed by atoms with Gasteiger partial charge in [-0.2, -0.15) is 0 Å². The van der Waals surface area contributed by atoms with Gasteiger partial charge in [0.15, 0.2) is 0 Å². The van der Waals surface area contributed by atoms with Crippen molar-refractivity contribution >= 4 is 46.6 Å². The summed E-state index contributed by atoms with van der Waals surface area (Å²) < 4.78 is 0. The summed E-state index contributed by atoms with van der Waals surface area (Å²) in [6.07, 6.45) is 0. The Labute approximate surface area is 275 Å². The minimum atomic E-state index is 0. The van der Waals surface area contributed by atoms with Crippen molar-refractivity contribution in [3.8, 4) is 0 Å². The Morgan fingerprint density at radius 1 is 0.595 bits per heavy atom. The molecule has 0 aliphatic carbocycles.